The minimum Gasteiger partial charge on any atom is -0.445 e. The highest BCUT2D eigenvalue weighted by Gasteiger charge is 2.36. The summed E-state index contributed by atoms with van der Waals surface area (Å²) in [6.07, 6.45) is 4.44. The van der Waals surface area contributed by atoms with Crippen LogP contribution in [-0.2, 0) is 16.6 Å². The minimum atomic E-state index is -0.269. The molecular formula is C18H23N3O2. The van der Waals surface area contributed by atoms with Crippen molar-refractivity contribution in [1.82, 2.24) is 9.88 Å². The Labute approximate surface area is 136 Å². The standard InChI is InChI=1S/C18H23N3O2/c1-18(7-9-21(10-8-18)13-16(19)22)17-20-12-15(23-17)11-14-5-3-2-4-6-14/h2-6,12H,7-11,13H2,1H3,(H2,19,22). The van der Waals surface area contributed by atoms with Crippen LogP contribution in [-0.4, -0.2) is 35.4 Å². The van der Waals surface area contributed by atoms with Gasteiger partial charge in [-0.3, -0.25) is 9.69 Å². The molecule has 1 aromatic carbocycles. The molecule has 3 rings (SSSR count). The van der Waals surface area contributed by atoms with Crippen molar-refractivity contribution in [3.8, 4) is 0 Å². The first kappa shape index (κ1) is 15.7. The summed E-state index contributed by atoms with van der Waals surface area (Å²) < 4.78 is 6.03. The Morgan fingerprint density at radius 3 is 2.65 bits per heavy atom. The van der Waals surface area contributed by atoms with Crippen molar-refractivity contribution in [2.45, 2.75) is 31.6 Å². The topological polar surface area (TPSA) is 72.4 Å². The summed E-state index contributed by atoms with van der Waals surface area (Å²) in [6, 6.07) is 10.2. The Hall–Kier alpha value is -2.14. The maximum Gasteiger partial charge on any atom is 0.231 e. The van der Waals surface area contributed by atoms with Crippen LogP contribution >= 0.6 is 0 Å². The number of hydrogen-bond acceptors (Lipinski definition) is 4. The lowest BCUT2D eigenvalue weighted by Crippen LogP contribution is -2.44. The van der Waals surface area contributed by atoms with Gasteiger partial charge >= 0.3 is 0 Å². The van der Waals surface area contributed by atoms with Crippen molar-refractivity contribution in [3.63, 3.8) is 0 Å². The molecule has 2 heterocycles. The maximum absolute atomic E-state index is 11.0. The van der Waals surface area contributed by atoms with Gasteiger partial charge < -0.3 is 10.2 Å². The molecule has 5 nitrogen and oxygen atoms in total. The van der Waals surface area contributed by atoms with Gasteiger partial charge in [0.2, 0.25) is 5.91 Å². The van der Waals surface area contributed by atoms with Crippen LogP contribution in [0, 0.1) is 0 Å². The second-order valence-corrected chi connectivity index (χ2v) is 6.60. The van der Waals surface area contributed by atoms with Crippen LogP contribution in [0.5, 0.6) is 0 Å². The van der Waals surface area contributed by atoms with Crippen molar-refractivity contribution in [2.75, 3.05) is 19.6 Å². The monoisotopic (exact) mass is 313 g/mol. The van der Waals surface area contributed by atoms with E-state index in [2.05, 4.69) is 28.9 Å². The van der Waals surface area contributed by atoms with Crippen molar-refractivity contribution in [2.24, 2.45) is 5.73 Å². The molecular weight excluding hydrogens is 290 g/mol. The summed E-state index contributed by atoms with van der Waals surface area (Å²) in [5.41, 5.74) is 6.42. The number of piperidine rings is 1. The molecule has 1 aliphatic rings. The number of aromatic nitrogens is 1. The third-order valence-corrected chi connectivity index (χ3v) is 4.63. The van der Waals surface area contributed by atoms with Gasteiger partial charge in [-0.2, -0.15) is 0 Å². The zero-order valence-corrected chi connectivity index (χ0v) is 13.5. The number of oxazole rings is 1. The van der Waals surface area contributed by atoms with E-state index in [1.807, 2.05) is 24.4 Å². The summed E-state index contributed by atoms with van der Waals surface area (Å²) in [6.45, 7) is 4.21. The zero-order chi connectivity index (χ0) is 16.3. The molecule has 2 N–H and O–H groups in total. The summed E-state index contributed by atoms with van der Waals surface area (Å²) >= 11 is 0. The van der Waals surface area contributed by atoms with Gasteiger partial charge in [-0.25, -0.2) is 4.98 Å². The first-order chi connectivity index (χ1) is 11.0. The predicted octanol–water partition coefficient (Wildman–Crippen LogP) is 2.10. The van der Waals surface area contributed by atoms with Gasteiger partial charge in [0.15, 0.2) is 5.89 Å². The van der Waals surface area contributed by atoms with Gasteiger partial charge in [-0.05, 0) is 31.5 Å². The molecule has 0 saturated carbocycles. The SMILES string of the molecule is CC1(c2ncc(Cc3ccccc3)o2)CCN(CC(N)=O)CC1. The normalized spacial score (nSPS) is 18.0. The number of primary amides is 1. The molecule has 0 aliphatic carbocycles. The fourth-order valence-electron chi connectivity index (χ4n) is 3.10. The molecule has 5 heteroatoms. The molecule has 122 valence electrons. The summed E-state index contributed by atoms with van der Waals surface area (Å²) in [4.78, 5) is 17.6. The molecule has 0 spiro atoms. The molecule has 1 aromatic heterocycles. The summed E-state index contributed by atoms with van der Waals surface area (Å²) in [5.74, 6) is 1.43. The van der Waals surface area contributed by atoms with Crippen molar-refractivity contribution in [1.29, 1.82) is 0 Å². The zero-order valence-electron chi connectivity index (χ0n) is 13.5. The smallest absolute Gasteiger partial charge is 0.231 e. The molecule has 0 atom stereocenters. The van der Waals surface area contributed by atoms with E-state index in [4.69, 9.17) is 10.2 Å². The van der Waals surface area contributed by atoms with Crippen LogP contribution in [0.4, 0.5) is 0 Å². The Morgan fingerprint density at radius 2 is 2.00 bits per heavy atom. The van der Waals surface area contributed by atoms with Gasteiger partial charge in [0, 0.05) is 11.8 Å². The number of nitrogens with zero attached hydrogens (tertiary/aromatic N) is 2. The van der Waals surface area contributed by atoms with E-state index in [9.17, 15) is 4.79 Å². The Bertz CT molecular complexity index is 658. The molecule has 23 heavy (non-hydrogen) atoms. The second-order valence-electron chi connectivity index (χ2n) is 6.60. The third kappa shape index (κ3) is 3.79. The van der Waals surface area contributed by atoms with E-state index < -0.39 is 0 Å². The number of nitrogens with two attached hydrogens (primary N) is 1. The lowest BCUT2D eigenvalue weighted by atomic mass is 9.80. The molecule has 2 aromatic rings. The van der Waals surface area contributed by atoms with Crippen molar-refractivity contribution >= 4 is 5.91 Å². The highest BCUT2D eigenvalue weighted by Crippen LogP contribution is 2.34. The molecule has 1 saturated heterocycles. The first-order valence-corrected chi connectivity index (χ1v) is 8.05. The Kier molecular flexibility index (Phi) is 4.48. The van der Waals surface area contributed by atoms with Crippen molar-refractivity contribution < 1.29 is 9.21 Å². The molecule has 1 amide bonds. The fraction of sp³-hybridized carbons (Fsp3) is 0.444. The maximum atomic E-state index is 11.0. The van der Waals surface area contributed by atoms with Gasteiger partial charge in [0.25, 0.3) is 0 Å². The number of amides is 1. The highest BCUT2D eigenvalue weighted by atomic mass is 16.4. The second kappa shape index (κ2) is 6.54. The van der Waals surface area contributed by atoms with E-state index in [1.165, 1.54) is 5.56 Å². The molecule has 0 radical (unpaired) electrons. The van der Waals surface area contributed by atoms with Gasteiger partial charge in [-0.1, -0.05) is 37.3 Å². The minimum absolute atomic E-state index is 0.0664. The highest BCUT2D eigenvalue weighted by molar-refractivity contribution is 5.75. The lowest BCUT2D eigenvalue weighted by molar-refractivity contribution is -0.119. The third-order valence-electron chi connectivity index (χ3n) is 4.63. The van der Waals surface area contributed by atoms with E-state index in [-0.39, 0.29) is 11.3 Å². The van der Waals surface area contributed by atoms with Crippen LogP contribution in [0.2, 0.25) is 0 Å². The van der Waals surface area contributed by atoms with E-state index in [0.717, 1.165) is 44.0 Å². The van der Waals surface area contributed by atoms with E-state index in [1.54, 1.807) is 0 Å². The van der Waals surface area contributed by atoms with Crippen LogP contribution in [0.1, 0.15) is 37.0 Å². The van der Waals surface area contributed by atoms with Gasteiger partial charge in [0.05, 0.1) is 12.7 Å². The van der Waals surface area contributed by atoms with Crippen LogP contribution in [0.25, 0.3) is 0 Å². The van der Waals surface area contributed by atoms with Crippen LogP contribution in [0.15, 0.2) is 40.9 Å². The number of carbonyl (C=O) groups excluding carboxylic acids is 1. The molecule has 0 bridgehead atoms. The van der Waals surface area contributed by atoms with Gasteiger partial charge in [0.1, 0.15) is 5.76 Å². The van der Waals surface area contributed by atoms with Crippen LogP contribution < -0.4 is 5.73 Å². The summed E-state index contributed by atoms with van der Waals surface area (Å²) in [7, 11) is 0. The average Bonchev–Trinajstić information content (AvgIpc) is 3.00. The average molecular weight is 313 g/mol. The van der Waals surface area contributed by atoms with E-state index >= 15 is 0 Å². The predicted molar refractivity (Wildman–Crippen MR) is 88.0 cm³/mol. The molecule has 1 aliphatic heterocycles. The number of likely N-dealkylation sites (tertiary alicyclic amines) is 1. The Morgan fingerprint density at radius 1 is 1.30 bits per heavy atom. The molecule has 0 unspecified atom stereocenters. The number of carbonyl (C=O) groups is 1. The molecule has 1 fully saturated rings. The van der Waals surface area contributed by atoms with Crippen molar-refractivity contribution in [3.05, 3.63) is 53.7 Å². The lowest BCUT2D eigenvalue weighted by Gasteiger charge is -2.36. The summed E-state index contributed by atoms with van der Waals surface area (Å²) in [5, 5.41) is 0. The number of hydrogen-bond donors (Lipinski definition) is 1. The number of benzene rings is 1. The van der Waals surface area contributed by atoms with Crippen LogP contribution in [0.3, 0.4) is 0 Å². The number of rotatable bonds is 5. The Balaban J connectivity index is 1.65. The van der Waals surface area contributed by atoms with Gasteiger partial charge in [-0.15, -0.1) is 0 Å². The fourth-order valence-corrected chi connectivity index (χ4v) is 3.10. The quantitative estimate of drug-likeness (QED) is 0.917. The van der Waals surface area contributed by atoms with E-state index in [0.29, 0.717) is 6.54 Å². The first-order valence-electron chi connectivity index (χ1n) is 8.05. The largest absolute Gasteiger partial charge is 0.445 e.